The summed E-state index contributed by atoms with van der Waals surface area (Å²) < 4.78 is 0. The van der Waals surface area contributed by atoms with Crippen molar-refractivity contribution in [2.24, 2.45) is 0 Å². The van der Waals surface area contributed by atoms with Crippen LogP contribution in [-0.2, 0) is 10.4 Å². The lowest BCUT2D eigenvalue weighted by Crippen LogP contribution is -2.36. The number of carbonyl (C=O) groups is 1. The lowest BCUT2D eigenvalue weighted by Gasteiger charge is -2.21. The third kappa shape index (κ3) is 3.80. The summed E-state index contributed by atoms with van der Waals surface area (Å²) in [5.74, 6) is 0.182. The molecular formula is C22H23N5O3S. The van der Waals surface area contributed by atoms with Crippen LogP contribution in [0.15, 0.2) is 41.9 Å². The van der Waals surface area contributed by atoms with Gasteiger partial charge in [0, 0.05) is 43.7 Å². The monoisotopic (exact) mass is 437 g/mol. The molecule has 31 heavy (non-hydrogen) atoms. The lowest BCUT2D eigenvalue weighted by molar-refractivity contribution is -0.143. The zero-order chi connectivity index (χ0) is 21.6. The van der Waals surface area contributed by atoms with E-state index in [1.165, 1.54) is 11.3 Å². The minimum absolute atomic E-state index is 0.277. The van der Waals surface area contributed by atoms with E-state index in [0.29, 0.717) is 36.7 Å². The smallest absolute Gasteiger partial charge is 0.258 e. The second-order valence-electron chi connectivity index (χ2n) is 8.30. The first-order valence-corrected chi connectivity index (χ1v) is 11.1. The van der Waals surface area contributed by atoms with Crippen molar-refractivity contribution in [2.45, 2.75) is 30.5 Å². The molecule has 3 heterocycles. The minimum atomic E-state index is -1.48. The number of rotatable bonds is 6. The number of nitrogens with one attached hydrogen (secondary N) is 1. The van der Waals surface area contributed by atoms with Crippen molar-refractivity contribution in [2.75, 3.05) is 25.5 Å². The van der Waals surface area contributed by atoms with Crippen LogP contribution in [0.1, 0.15) is 24.8 Å². The highest BCUT2D eigenvalue weighted by Gasteiger charge is 2.45. The van der Waals surface area contributed by atoms with E-state index in [2.05, 4.69) is 15.3 Å². The van der Waals surface area contributed by atoms with Crippen molar-refractivity contribution >= 4 is 23.2 Å². The number of hydrogen-bond acceptors (Lipinski definition) is 8. The highest BCUT2D eigenvalue weighted by Crippen LogP contribution is 2.36. The second-order valence-corrected chi connectivity index (χ2v) is 9.16. The van der Waals surface area contributed by atoms with Crippen molar-refractivity contribution in [1.82, 2.24) is 19.9 Å². The van der Waals surface area contributed by atoms with Crippen LogP contribution in [0.5, 0.6) is 0 Å². The van der Waals surface area contributed by atoms with E-state index >= 15 is 0 Å². The topological polar surface area (TPSA) is 111 Å². The van der Waals surface area contributed by atoms with Crippen molar-refractivity contribution in [3.63, 3.8) is 0 Å². The third-order valence-electron chi connectivity index (χ3n) is 5.92. The summed E-state index contributed by atoms with van der Waals surface area (Å²) in [6.45, 7) is 0.963. The molecule has 1 aliphatic carbocycles. The first kappa shape index (κ1) is 20.0. The summed E-state index contributed by atoms with van der Waals surface area (Å²) in [7, 11) is 1.70. The Morgan fingerprint density at radius 3 is 2.74 bits per heavy atom. The maximum absolute atomic E-state index is 12.4. The number of aromatic nitrogens is 3. The van der Waals surface area contributed by atoms with E-state index in [4.69, 9.17) is 4.98 Å². The molecule has 5 rings (SSSR count). The highest BCUT2D eigenvalue weighted by atomic mass is 32.1. The average molecular weight is 438 g/mol. The molecule has 1 aliphatic heterocycles. The van der Waals surface area contributed by atoms with E-state index in [0.717, 1.165) is 29.1 Å². The van der Waals surface area contributed by atoms with Crippen molar-refractivity contribution < 1.29 is 15.0 Å². The number of likely N-dealkylation sites (tertiary alicyclic amines) is 1. The number of aliphatic hydroxyl groups is 2. The number of nitrogens with zero attached hydrogens (tertiary/aromatic N) is 4. The zero-order valence-corrected chi connectivity index (χ0v) is 17.9. The predicted molar refractivity (Wildman–Crippen MR) is 117 cm³/mol. The van der Waals surface area contributed by atoms with Gasteiger partial charge in [-0.25, -0.2) is 15.0 Å². The van der Waals surface area contributed by atoms with Gasteiger partial charge in [-0.2, -0.15) is 0 Å². The lowest BCUT2D eigenvalue weighted by atomic mass is 9.91. The van der Waals surface area contributed by atoms with Crippen molar-refractivity contribution in [1.29, 1.82) is 0 Å². The van der Waals surface area contributed by atoms with E-state index in [1.807, 2.05) is 23.6 Å². The summed E-state index contributed by atoms with van der Waals surface area (Å²) in [5, 5.41) is 26.7. The van der Waals surface area contributed by atoms with Gasteiger partial charge in [-0.15, -0.1) is 11.3 Å². The number of thiazole rings is 1. The van der Waals surface area contributed by atoms with Gasteiger partial charge in [-0.1, -0.05) is 18.2 Å². The van der Waals surface area contributed by atoms with Gasteiger partial charge in [0.1, 0.15) is 10.7 Å². The van der Waals surface area contributed by atoms with E-state index in [9.17, 15) is 15.0 Å². The maximum atomic E-state index is 12.4. The van der Waals surface area contributed by atoms with E-state index in [-0.39, 0.29) is 5.91 Å². The van der Waals surface area contributed by atoms with Crippen LogP contribution in [0.2, 0.25) is 0 Å². The fraction of sp³-hybridized carbons (Fsp3) is 0.364. The molecule has 1 atom stereocenters. The highest BCUT2D eigenvalue weighted by molar-refractivity contribution is 7.13. The first-order chi connectivity index (χ1) is 14.9. The minimum Gasteiger partial charge on any atom is -0.388 e. The van der Waals surface area contributed by atoms with Gasteiger partial charge in [0.15, 0.2) is 5.60 Å². The molecule has 160 valence electrons. The molecule has 1 saturated carbocycles. The second kappa shape index (κ2) is 7.37. The Hall–Kier alpha value is -2.88. The van der Waals surface area contributed by atoms with Crippen LogP contribution in [-0.4, -0.2) is 61.7 Å². The first-order valence-electron chi connectivity index (χ1n) is 10.2. The average Bonchev–Trinajstić information content (AvgIpc) is 3.21. The number of benzene rings is 1. The standard InChI is InChI=1S/C22H23N5O3S/c1-27-10-8-22(30,19(27)28)15-4-2-3-14(11-15)18-25-17(12-31-18)16-5-9-23-20(26-16)24-13-21(29)6-7-21/h2-5,9,11-12,29-30H,6-8,10,13H2,1H3,(H,23,24,26)/t22-/m1/s1. The van der Waals surface area contributed by atoms with Crippen LogP contribution in [0.3, 0.4) is 0 Å². The Balaban J connectivity index is 1.38. The molecule has 0 bridgehead atoms. The summed E-state index contributed by atoms with van der Waals surface area (Å²) in [4.78, 5) is 27.4. The van der Waals surface area contributed by atoms with Crippen LogP contribution < -0.4 is 5.32 Å². The van der Waals surface area contributed by atoms with E-state index in [1.54, 1.807) is 30.3 Å². The van der Waals surface area contributed by atoms with Gasteiger partial charge in [0.2, 0.25) is 5.95 Å². The molecule has 8 nitrogen and oxygen atoms in total. The van der Waals surface area contributed by atoms with Crippen LogP contribution in [0.4, 0.5) is 5.95 Å². The molecular weight excluding hydrogens is 414 g/mol. The van der Waals surface area contributed by atoms with Gasteiger partial charge in [-0.3, -0.25) is 4.79 Å². The molecule has 0 radical (unpaired) electrons. The summed E-state index contributed by atoms with van der Waals surface area (Å²) in [6.07, 6.45) is 3.64. The molecule has 1 aromatic carbocycles. The number of carbonyl (C=O) groups excluding carboxylic acids is 1. The Kier molecular flexibility index (Phi) is 4.76. The molecule has 1 saturated heterocycles. The molecule has 1 amide bonds. The molecule has 2 aromatic heterocycles. The number of amides is 1. The Morgan fingerprint density at radius 2 is 2.00 bits per heavy atom. The Labute approximate surface area is 183 Å². The third-order valence-corrected chi connectivity index (χ3v) is 6.81. The molecule has 0 spiro atoms. The van der Waals surface area contributed by atoms with Gasteiger partial charge in [0.05, 0.1) is 11.3 Å². The fourth-order valence-electron chi connectivity index (χ4n) is 3.71. The summed E-state index contributed by atoms with van der Waals surface area (Å²) in [6, 6.07) is 9.17. The maximum Gasteiger partial charge on any atom is 0.258 e. The molecule has 0 unspecified atom stereocenters. The Bertz CT molecular complexity index is 1150. The molecule has 9 heteroatoms. The molecule has 3 aromatic rings. The van der Waals surface area contributed by atoms with Gasteiger partial charge in [0.25, 0.3) is 5.91 Å². The molecule has 2 aliphatic rings. The quantitative estimate of drug-likeness (QED) is 0.542. The van der Waals surface area contributed by atoms with Crippen LogP contribution in [0, 0.1) is 0 Å². The van der Waals surface area contributed by atoms with Crippen molar-refractivity contribution in [3.05, 3.63) is 47.5 Å². The van der Waals surface area contributed by atoms with E-state index < -0.39 is 11.2 Å². The summed E-state index contributed by atoms with van der Waals surface area (Å²) in [5.41, 5.74) is 0.721. The zero-order valence-electron chi connectivity index (χ0n) is 17.1. The van der Waals surface area contributed by atoms with Gasteiger partial charge in [-0.05, 0) is 30.5 Å². The SMILES string of the molecule is CN1CC[C@@](O)(c2cccc(-c3nc(-c4ccnc(NCC5(O)CC5)n4)cs3)c2)C1=O. The van der Waals surface area contributed by atoms with Crippen molar-refractivity contribution in [3.8, 4) is 22.0 Å². The number of anilines is 1. The largest absolute Gasteiger partial charge is 0.388 e. The Morgan fingerprint density at radius 1 is 1.16 bits per heavy atom. The molecule has 2 fully saturated rings. The predicted octanol–water partition coefficient (Wildman–Crippen LogP) is 2.25. The number of likely N-dealkylation sites (N-methyl/N-ethyl adjacent to an activating group) is 1. The van der Waals surface area contributed by atoms with Crippen LogP contribution >= 0.6 is 11.3 Å². The van der Waals surface area contributed by atoms with Gasteiger partial charge < -0.3 is 20.4 Å². The fourth-order valence-corrected chi connectivity index (χ4v) is 4.52. The van der Waals surface area contributed by atoms with Crippen LogP contribution in [0.25, 0.3) is 22.0 Å². The normalized spacial score (nSPS) is 22.0. The number of hydrogen-bond donors (Lipinski definition) is 3. The molecule has 3 N–H and O–H groups in total. The summed E-state index contributed by atoms with van der Waals surface area (Å²) >= 11 is 1.47. The van der Waals surface area contributed by atoms with Gasteiger partial charge >= 0.3 is 0 Å².